The van der Waals surface area contributed by atoms with Gasteiger partial charge in [0.1, 0.15) is 0 Å². The summed E-state index contributed by atoms with van der Waals surface area (Å²) in [5.74, 6) is 0.191. The molecule has 2 aromatic heterocycles. The summed E-state index contributed by atoms with van der Waals surface area (Å²) in [6.07, 6.45) is 1.75. The number of thiophene rings is 2. The van der Waals surface area contributed by atoms with Crippen LogP contribution in [0.1, 0.15) is 11.3 Å². The molecule has 1 atom stereocenters. The number of rotatable bonds is 5. The molecule has 0 aliphatic carbocycles. The molecule has 0 bridgehead atoms. The number of ether oxygens (including phenoxy) is 1. The Morgan fingerprint density at radius 1 is 1.40 bits per heavy atom. The second-order valence-electron chi connectivity index (χ2n) is 4.88. The minimum atomic E-state index is 0.0553. The van der Waals surface area contributed by atoms with E-state index in [9.17, 15) is 4.79 Å². The van der Waals surface area contributed by atoms with E-state index in [1.54, 1.807) is 22.7 Å². The van der Waals surface area contributed by atoms with E-state index < -0.39 is 0 Å². The van der Waals surface area contributed by atoms with Gasteiger partial charge in [0.2, 0.25) is 5.91 Å². The highest BCUT2D eigenvalue weighted by molar-refractivity contribution is 7.16. The molecule has 1 aliphatic heterocycles. The Bertz CT molecular complexity index is 556. The Labute approximate surface area is 126 Å². The largest absolute Gasteiger partial charge is 0.381 e. The summed E-state index contributed by atoms with van der Waals surface area (Å²) in [4.78, 5) is 14.5. The molecular formula is C15H17NO2S2. The fourth-order valence-electron chi connectivity index (χ4n) is 2.27. The summed E-state index contributed by atoms with van der Waals surface area (Å²) < 4.78 is 5.23. The van der Waals surface area contributed by atoms with E-state index in [0.717, 1.165) is 12.8 Å². The highest BCUT2D eigenvalue weighted by atomic mass is 32.1. The van der Waals surface area contributed by atoms with E-state index >= 15 is 0 Å². The molecule has 1 saturated heterocycles. The van der Waals surface area contributed by atoms with Gasteiger partial charge in [-0.1, -0.05) is 0 Å². The Morgan fingerprint density at radius 3 is 3.10 bits per heavy atom. The zero-order valence-electron chi connectivity index (χ0n) is 11.1. The van der Waals surface area contributed by atoms with Gasteiger partial charge >= 0.3 is 0 Å². The summed E-state index contributed by atoms with van der Waals surface area (Å²) in [6, 6.07) is 6.46. The van der Waals surface area contributed by atoms with Crippen molar-refractivity contribution >= 4 is 28.6 Å². The molecule has 1 amide bonds. The first-order valence-corrected chi connectivity index (χ1v) is 8.55. The van der Waals surface area contributed by atoms with Gasteiger partial charge in [0.05, 0.1) is 12.5 Å². The van der Waals surface area contributed by atoms with Crippen molar-refractivity contribution in [1.29, 1.82) is 0 Å². The fraction of sp³-hybridized carbons (Fsp3) is 0.400. The molecule has 0 saturated carbocycles. The van der Waals surface area contributed by atoms with Crippen LogP contribution in [0.3, 0.4) is 0 Å². The van der Waals surface area contributed by atoms with Gasteiger partial charge in [-0.2, -0.15) is 11.3 Å². The van der Waals surface area contributed by atoms with Crippen molar-refractivity contribution in [3.63, 3.8) is 0 Å². The molecule has 2 aromatic rings. The van der Waals surface area contributed by atoms with Crippen LogP contribution in [0.25, 0.3) is 10.4 Å². The molecule has 1 fully saturated rings. The molecule has 106 valence electrons. The van der Waals surface area contributed by atoms with Crippen LogP contribution in [0, 0.1) is 5.92 Å². The van der Waals surface area contributed by atoms with Crippen LogP contribution in [0.15, 0.2) is 29.0 Å². The molecule has 0 aromatic carbocycles. The lowest BCUT2D eigenvalue weighted by atomic mass is 10.1. The van der Waals surface area contributed by atoms with Crippen LogP contribution in [-0.4, -0.2) is 25.7 Å². The maximum absolute atomic E-state index is 11.8. The second-order valence-corrected chi connectivity index (χ2v) is 6.83. The molecule has 1 N–H and O–H groups in total. The van der Waals surface area contributed by atoms with Gasteiger partial charge in [-0.15, -0.1) is 11.3 Å². The number of hydrogen-bond donors (Lipinski definition) is 1. The van der Waals surface area contributed by atoms with Crippen LogP contribution in [0.5, 0.6) is 0 Å². The smallest absolute Gasteiger partial charge is 0.225 e. The summed E-state index contributed by atoms with van der Waals surface area (Å²) >= 11 is 3.52. The van der Waals surface area contributed by atoms with Crippen LogP contribution in [0.4, 0.5) is 0 Å². The monoisotopic (exact) mass is 307 g/mol. The quantitative estimate of drug-likeness (QED) is 0.921. The number of carbonyl (C=O) groups is 1. The molecule has 0 radical (unpaired) electrons. The Hall–Kier alpha value is -1.17. The van der Waals surface area contributed by atoms with Crippen molar-refractivity contribution in [2.45, 2.75) is 12.8 Å². The predicted molar refractivity (Wildman–Crippen MR) is 83.3 cm³/mol. The normalized spacial score (nSPS) is 18.3. The lowest BCUT2D eigenvalue weighted by molar-refractivity contribution is -0.124. The first-order chi connectivity index (χ1) is 9.83. The van der Waals surface area contributed by atoms with E-state index in [1.807, 2.05) is 0 Å². The third-order valence-corrected chi connectivity index (χ3v) is 5.32. The van der Waals surface area contributed by atoms with Crippen LogP contribution in [0.2, 0.25) is 0 Å². The zero-order chi connectivity index (χ0) is 13.8. The summed E-state index contributed by atoms with van der Waals surface area (Å²) in [6.45, 7) is 2.00. The van der Waals surface area contributed by atoms with Gasteiger partial charge in [0, 0.05) is 28.5 Å². The molecule has 20 heavy (non-hydrogen) atoms. The second kappa shape index (κ2) is 6.52. The van der Waals surface area contributed by atoms with Crippen LogP contribution >= 0.6 is 22.7 Å². The number of hydrogen-bond acceptors (Lipinski definition) is 4. The van der Waals surface area contributed by atoms with Crippen LogP contribution in [-0.2, 0) is 16.0 Å². The average Bonchev–Trinajstić information content (AvgIpc) is 3.20. The van der Waals surface area contributed by atoms with Gasteiger partial charge < -0.3 is 10.1 Å². The maximum atomic E-state index is 11.8. The van der Waals surface area contributed by atoms with Gasteiger partial charge in [0.25, 0.3) is 0 Å². The highest BCUT2D eigenvalue weighted by Gasteiger charge is 2.22. The molecule has 1 aliphatic rings. The lowest BCUT2D eigenvalue weighted by Crippen LogP contribution is -2.32. The lowest BCUT2D eigenvalue weighted by Gasteiger charge is -2.08. The molecule has 3 nitrogen and oxygen atoms in total. The maximum Gasteiger partial charge on any atom is 0.225 e. The fourth-order valence-corrected chi connectivity index (χ4v) is 4.00. The van der Waals surface area contributed by atoms with E-state index in [0.29, 0.717) is 19.8 Å². The molecule has 3 rings (SSSR count). The summed E-state index contributed by atoms with van der Waals surface area (Å²) in [5, 5.41) is 7.27. The molecular weight excluding hydrogens is 290 g/mol. The van der Waals surface area contributed by atoms with Crippen molar-refractivity contribution in [3.8, 4) is 10.4 Å². The van der Waals surface area contributed by atoms with E-state index in [-0.39, 0.29) is 11.8 Å². The first-order valence-electron chi connectivity index (χ1n) is 6.79. The van der Waals surface area contributed by atoms with Crippen molar-refractivity contribution in [2.75, 3.05) is 19.8 Å². The number of amides is 1. The predicted octanol–water partition coefficient (Wildman–Crippen LogP) is 3.17. The molecule has 5 heteroatoms. The topological polar surface area (TPSA) is 38.3 Å². The van der Waals surface area contributed by atoms with E-state index in [4.69, 9.17) is 4.74 Å². The summed E-state index contributed by atoms with van der Waals surface area (Å²) in [7, 11) is 0. The zero-order valence-corrected chi connectivity index (χ0v) is 12.8. The van der Waals surface area contributed by atoms with E-state index in [2.05, 4.69) is 34.3 Å². The first kappa shape index (κ1) is 13.8. The third kappa shape index (κ3) is 3.29. The van der Waals surface area contributed by atoms with Crippen molar-refractivity contribution in [1.82, 2.24) is 5.32 Å². The molecule has 3 heterocycles. The SMILES string of the molecule is O=C(NCCc1ccc(-c2ccsc2)s1)C1CCOC1. The number of carbonyl (C=O) groups excluding carboxylic acids is 1. The highest BCUT2D eigenvalue weighted by Crippen LogP contribution is 2.29. The van der Waals surface area contributed by atoms with Crippen molar-refractivity contribution in [3.05, 3.63) is 33.8 Å². The van der Waals surface area contributed by atoms with Gasteiger partial charge in [-0.25, -0.2) is 0 Å². The minimum absolute atomic E-state index is 0.0553. The van der Waals surface area contributed by atoms with Crippen LogP contribution < -0.4 is 5.32 Å². The van der Waals surface area contributed by atoms with Gasteiger partial charge in [-0.3, -0.25) is 4.79 Å². The van der Waals surface area contributed by atoms with E-state index in [1.165, 1.54) is 15.3 Å². The minimum Gasteiger partial charge on any atom is -0.381 e. The Balaban J connectivity index is 1.48. The summed E-state index contributed by atoms with van der Waals surface area (Å²) in [5.41, 5.74) is 1.29. The van der Waals surface area contributed by atoms with Crippen molar-refractivity contribution < 1.29 is 9.53 Å². The Kier molecular flexibility index (Phi) is 4.50. The van der Waals surface area contributed by atoms with Crippen molar-refractivity contribution in [2.24, 2.45) is 5.92 Å². The molecule has 0 spiro atoms. The standard InChI is InChI=1S/C15H17NO2S2/c17-15(11-4-7-18-9-11)16-6-3-13-1-2-14(20-13)12-5-8-19-10-12/h1-2,5,8,10-11H,3-4,6-7,9H2,(H,16,17). The number of nitrogens with one attached hydrogen (secondary N) is 1. The average molecular weight is 307 g/mol. The third-order valence-electron chi connectivity index (χ3n) is 3.44. The molecule has 1 unspecified atom stereocenters. The van der Waals surface area contributed by atoms with Gasteiger partial charge in [-0.05, 0) is 41.8 Å². The Morgan fingerprint density at radius 2 is 2.35 bits per heavy atom. The van der Waals surface area contributed by atoms with Gasteiger partial charge in [0.15, 0.2) is 0 Å².